The smallest absolute Gasteiger partial charge is 0.394 e. The Labute approximate surface area is 231 Å². The summed E-state index contributed by atoms with van der Waals surface area (Å²) in [5, 5.41) is 38.0. The molecule has 0 aromatic carbocycles. The van der Waals surface area contributed by atoms with Crippen LogP contribution >= 0.6 is 15.6 Å². The van der Waals surface area contributed by atoms with Crippen LogP contribution in [-0.4, -0.2) is 109 Å². The van der Waals surface area contributed by atoms with E-state index in [1.807, 2.05) is 9.97 Å². The fourth-order valence-electron chi connectivity index (χ4n) is 4.01. The van der Waals surface area contributed by atoms with Gasteiger partial charge >= 0.3 is 27.0 Å². The molecule has 2 saturated heterocycles. The number of rotatable bonds is 8. The molecule has 2 fully saturated rings. The van der Waals surface area contributed by atoms with E-state index in [1.165, 1.54) is 0 Å². The van der Waals surface area contributed by atoms with E-state index >= 15 is 0 Å². The molecule has 42 heavy (non-hydrogen) atoms. The molecule has 2 aromatic rings. The van der Waals surface area contributed by atoms with Crippen molar-refractivity contribution in [3.8, 4) is 0 Å². The monoisotopic (exact) mass is 648 g/mol. The van der Waals surface area contributed by atoms with Gasteiger partial charge in [-0.25, -0.2) is 18.7 Å². The molecule has 0 unspecified atom stereocenters. The van der Waals surface area contributed by atoms with Gasteiger partial charge in [0.2, 0.25) is 0 Å². The Balaban J connectivity index is 0.000000230. The molecule has 8 atom stereocenters. The molecule has 10 N–H and O–H groups in total. The number of nitrogens with zero attached hydrogens (tertiary/aromatic N) is 2. The van der Waals surface area contributed by atoms with E-state index in [2.05, 4.69) is 9.05 Å². The van der Waals surface area contributed by atoms with Gasteiger partial charge in [-0.15, -0.1) is 0 Å². The van der Waals surface area contributed by atoms with Crippen molar-refractivity contribution in [1.29, 1.82) is 0 Å². The SMILES string of the molecule is O=c1ccn([C@@H]2O[C@H](CO)[C@@H](O)[C@H]2OP(=O)(O)O)c(=O)[nH]1.O=c1ccn([C@@H]2O[C@H](CO)[C@@H](OP(=O)(O)O)[C@H]2O)c(=O)[nH]1. The van der Waals surface area contributed by atoms with Crippen LogP contribution in [0.2, 0.25) is 0 Å². The lowest BCUT2D eigenvalue weighted by molar-refractivity contribution is -0.0549. The van der Waals surface area contributed by atoms with Crippen molar-refractivity contribution in [3.05, 3.63) is 66.2 Å². The van der Waals surface area contributed by atoms with E-state index in [-0.39, 0.29) is 0 Å². The molecule has 0 radical (unpaired) electrons. The summed E-state index contributed by atoms with van der Waals surface area (Å²) < 4.78 is 42.5. The van der Waals surface area contributed by atoms with Crippen molar-refractivity contribution in [2.45, 2.75) is 49.1 Å². The van der Waals surface area contributed by atoms with Crippen molar-refractivity contribution in [2.24, 2.45) is 0 Å². The summed E-state index contributed by atoms with van der Waals surface area (Å²) in [7, 11) is -9.92. The van der Waals surface area contributed by atoms with Crippen molar-refractivity contribution in [2.75, 3.05) is 13.2 Å². The molecule has 4 rings (SSSR count). The molecule has 2 aliphatic rings. The zero-order chi connectivity index (χ0) is 31.6. The average molecular weight is 648 g/mol. The number of hydrogen-bond donors (Lipinski definition) is 10. The van der Waals surface area contributed by atoms with Crippen molar-refractivity contribution in [1.82, 2.24) is 19.1 Å². The third-order valence-electron chi connectivity index (χ3n) is 5.75. The van der Waals surface area contributed by atoms with E-state index in [0.29, 0.717) is 0 Å². The van der Waals surface area contributed by atoms with E-state index in [4.69, 9.17) is 39.3 Å². The van der Waals surface area contributed by atoms with Crippen LogP contribution in [0.5, 0.6) is 0 Å². The van der Waals surface area contributed by atoms with Crippen LogP contribution in [0.25, 0.3) is 0 Å². The van der Waals surface area contributed by atoms with E-state index in [0.717, 1.165) is 33.7 Å². The van der Waals surface area contributed by atoms with Gasteiger partial charge in [-0.2, -0.15) is 0 Å². The van der Waals surface area contributed by atoms with Gasteiger partial charge in [0, 0.05) is 24.5 Å². The molecule has 24 heteroatoms. The van der Waals surface area contributed by atoms with E-state index < -0.39 is 100 Å². The summed E-state index contributed by atoms with van der Waals surface area (Å²) in [5.74, 6) is 0. The van der Waals surface area contributed by atoms with Gasteiger partial charge in [0.1, 0.15) is 36.6 Å². The summed E-state index contributed by atoms with van der Waals surface area (Å²) in [5.41, 5.74) is -3.15. The van der Waals surface area contributed by atoms with E-state index in [9.17, 15) is 38.5 Å². The molecule has 0 spiro atoms. The molecule has 0 aliphatic carbocycles. The molecule has 2 aromatic heterocycles. The molecular weight excluding hydrogens is 622 g/mol. The van der Waals surface area contributed by atoms with Crippen molar-refractivity contribution < 1.29 is 67.7 Å². The standard InChI is InChI=1S/2C9H13N2O9P/c12-3-4-7(20-21(16,17)18)6(14)8(19-4)11-2-1-5(13)10-9(11)15;12-3-4-6(14)7(20-21(16,17)18)8(19-4)11-2-1-5(13)10-9(11)15/h2*1-2,4,6-8,12,14H,3H2,(H,10,13,15)(H2,16,17,18)/t2*4-,6-,7-,8-/m11/s1. The minimum atomic E-state index is -4.98. The van der Waals surface area contributed by atoms with Gasteiger partial charge in [-0.05, 0) is 0 Å². The summed E-state index contributed by atoms with van der Waals surface area (Å²) in [6.07, 6.45) is -9.55. The quantitative estimate of drug-likeness (QED) is 0.119. The number of aliphatic hydroxyl groups excluding tert-OH is 4. The summed E-state index contributed by atoms with van der Waals surface area (Å²) in [4.78, 5) is 84.4. The zero-order valence-electron chi connectivity index (χ0n) is 20.8. The van der Waals surface area contributed by atoms with Gasteiger partial charge < -0.3 is 49.5 Å². The van der Waals surface area contributed by atoms with Crippen LogP contribution < -0.4 is 22.5 Å². The lowest BCUT2D eigenvalue weighted by Crippen LogP contribution is -2.38. The number of aromatic amines is 2. The molecule has 0 amide bonds. The first-order valence-electron chi connectivity index (χ1n) is 11.5. The van der Waals surface area contributed by atoms with Crippen molar-refractivity contribution in [3.63, 3.8) is 0 Å². The number of phosphoric acid groups is 2. The molecule has 0 bridgehead atoms. The topological polar surface area (TPSA) is 343 Å². The Kier molecular flexibility index (Phi) is 10.7. The Morgan fingerprint density at radius 3 is 1.57 bits per heavy atom. The maximum absolute atomic E-state index is 11.7. The molecule has 0 saturated carbocycles. The molecule has 4 heterocycles. The predicted molar refractivity (Wildman–Crippen MR) is 130 cm³/mol. The lowest BCUT2D eigenvalue weighted by Gasteiger charge is -2.22. The van der Waals surface area contributed by atoms with Crippen LogP contribution in [0.3, 0.4) is 0 Å². The third-order valence-corrected chi connectivity index (χ3v) is 6.79. The first kappa shape index (κ1) is 33.8. The number of H-pyrrole nitrogens is 2. The number of aliphatic hydroxyl groups is 4. The van der Waals surface area contributed by atoms with Crippen LogP contribution in [0.4, 0.5) is 0 Å². The maximum Gasteiger partial charge on any atom is 0.470 e. The number of aromatic nitrogens is 4. The van der Waals surface area contributed by atoms with Crippen LogP contribution in [0.15, 0.2) is 43.7 Å². The Bertz CT molecular complexity index is 1560. The first-order valence-corrected chi connectivity index (χ1v) is 14.5. The Morgan fingerprint density at radius 1 is 0.714 bits per heavy atom. The number of hydrogen-bond acceptors (Lipinski definition) is 14. The predicted octanol–water partition coefficient (Wildman–Crippen LogP) is -5.47. The fraction of sp³-hybridized carbons (Fsp3) is 0.556. The second-order valence-corrected chi connectivity index (χ2v) is 11.0. The second-order valence-electron chi connectivity index (χ2n) is 8.63. The minimum Gasteiger partial charge on any atom is -0.394 e. The average Bonchev–Trinajstić information content (AvgIpc) is 3.33. The molecule has 236 valence electrons. The van der Waals surface area contributed by atoms with Gasteiger partial charge in [-0.1, -0.05) is 0 Å². The highest BCUT2D eigenvalue weighted by molar-refractivity contribution is 7.46. The van der Waals surface area contributed by atoms with Gasteiger partial charge in [-0.3, -0.25) is 37.7 Å². The highest BCUT2D eigenvalue weighted by Crippen LogP contribution is 2.45. The number of nitrogens with one attached hydrogen (secondary N) is 2. The van der Waals surface area contributed by atoms with Gasteiger partial charge in [0.25, 0.3) is 11.1 Å². The largest absolute Gasteiger partial charge is 0.470 e. The van der Waals surface area contributed by atoms with Gasteiger partial charge in [0.05, 0.1) is 13.2 Å². The zero-order valence-corrected chi connectivity index (χ0v) is 22.6. The Morgan fingerprint density at radius 2 is 1.14 bits per heavy atom. The summed E-state index contributed by atoms with van der Waals surface area (Å²) in [6.45, 7) is -1.35. The maximum atomic E-state index is 11.7. The molecular formula is C18H26N4O18P2. The lowest BCUT2D eigenvalue weighted by atomic mass is 10.1. The van der Waals surface area contributed by atoms with Crippen LogP contribution in [0.1, 0.15) is 12.5 Å². The highest BCUT2D eigenvalue weighted by Gasteiger charge is 2.49. The first-order chi connectivity index (χ1) is 19.5. The third kappa shape index (κ3) is 8.24. The second kappa shape index (κ2) is 13.3. The Hall–Kier alpha value is -2.66. The highest BCUT2D eigenvalue weighted by atomic mass is 31.2. The molecule has 2 aliphatic heterocycles. The summed E-state index contributed by atoms with van der Waals surface area (Å²) in [6, 6.07) is 1.99. The fourth-order valence-corrected chi connectivity index (χ4v) is 5.13. The number of ether oxygens (including phenoxy) is 2. The number of phosphoric ester groups is 2. The van der Waals surface area contributed by atoms with Crippen LogP contribution in [0, 0.1) is 0 Å². The molecule has 22 nitrogen and oxygen atoms in total. The minimum absolute atomic E-state index is 0.656. The summed E-state index contributed by atoms with van der Waals surface area (Å²) >= 11 is 0. The van der Waals surface area contributed by atoms with Gasteiger partial charge in [0.15, 0.2) is 12.5 Å². The normalized spacial score (nSPS) is 29.7. The van der Waals surface area contributed by atoms with Crippen LogP contribution in [-0.2, 0) is 27.7 Å². The van der Waals surface area contributed by atoms with Crippen molar-refractivity contribution >= 4 is 15.6 Å². The van der Waals surface area contributed by atoms with E-state index in [1.54, 1.807) is 0 Å².